The third-order valence-corrected chi connectivity index (χ3v) is 2.65. The Kier molecular flexibility index (Phi) is 1.39. The van der Waals surface area contributed by atoms with E-state index >= 15 is 0 Å². The zero-order chi connectivity index (χ0) is 6.97. The van der Waals surface area contributed by atoms with Crippen molar-refractivity contribution in [3.8, 4) is 6.07 Å². The fourth-order valence-electron chi connectivity index (χ4n) is 1.86. The Bertz CT molecular complexity index is 167. The second-order valence-electron chi connectivity index (χ2n) is 3.40. The molecule has 2 nitrogen and oxygen atoms in total. The quantitative estimate of drug-likeness (QED) is 0.577. The van der Waals surface area contributed by atoms with Crippen molar-refractivity contribution in [2.45, 2.75) is 12.8 Å². The first-order valence-corrected chi connectivity index (χ1v) is 4.02. The topological polar surface area (TPSA) is 35.8 Å². The summed E-state index contributed by atoms with van der Waals surface area (Å²) in [5.74, 6) is 1.89. The Labute approximate surface area is 61.2 Å². The lowest BCUT2D eigenvalue weighted by Gasteiger charge is -2.08. The Morgan fingerprint density at radius 3 is 2.70 bits per heavy atom. The van der Waals surface area contributed by atoms with Crippen LogP contribution in [-0.4, -0.2) is 13.1 Å². The maximum Gasteiger partial charge on any atom is 0.0672 e. The summed E-state index contributed by atoms with van der Waals surface area (Å²) < 4.78 is 0. The van der Waals surface area contributed by atoms with Crippen LogP contribution in [0.1, 0.15) is 12.8 Å². The van der Waals surface area contributed by atoms with Crippen LogP contribution < -0.4 is 5.32 Å². The Balaban J connectivity index is 1.99. The zero-order valence-electron chi connectivity index (χ0n) is 6.01. The molecule has 0 spiro atoms. The van der Waals surface area contributed by atoms with E-state index in [4.69, 9.17) is 5.26 Å². The van der Waals surface area contributed by atoms with Gasteiger partial charge in [-0.1, -0.05) is 0 Å². The van der Waals surface area contributed by atoms with E-state index in [1.807, 2.05) is 0 Å². The number of hydrogen-bond acceptors (Lipinski definition) is 2. The molecule has 2 aliphatic rings. The molecule has 2 rings (SSSR count). The van der Waals surface area contributed by atoms with Gasteiger partial charge in [-0.15, -0.1) is 0 Å². The number of nitrogens with zero attached hydrogens (tertiary/aromatic N) is 1. The zero-order valence-corrected chi connectivity index (χ0v) is 6.01. The summed E-state index contributed by atoms with van der Waals surface area (Å²) in [5.41, 5.74) is 0. The van der Waals surface area contributed by atoms with Crippen molar-refractivity contribution in [3.63, 3.8) is 0 Å². The van der Waals surface area contributed by atoms with Crippen LogP contribution in [0.5, 0.6) is 0 Å². The van der Waals surface area contributed by atoms with Gasteiger partial charge in [0.15, 0.2) is 0 Å². The van der Waals surface area contributed by atoms with Gasteiger partial charge in [0.05, 0.1) is 12.0 Å². The molecule has 0 aromatic rings. The minimum atomic E-state index is 0.312. The average molecular weight is 136 g/mol. The van der Waals surface area contributed by atoms with E-state index in [0.717, 1.165) is 19.0 Å². The Morgan fingerprint density at radius 1 is 1.30 bits per heavy atom. The molecule has 2 atom stereocenters. The van der Waals surface area contributed by atoms with Gasteiger partial charge in [0.1, 0.15) is 0 Å². The van der Waals surface area contributed by atoms with E-state index in [2.05, 4.69) is 11.4 Å². The van der Waals surface area contributed by atoms with Crippen LogP contribution in [0, 0.1) is 29.1 Å². The second kappa shape index (κ2) is 2.25. The minimum Gasteiger partial charge on any atom is -0.315 e. The smallest absolute Gasteiger partial charge is 0.0672 e. The maximum atomic E-state index is 8.72. The highest BCUT2D eigenvalue weighted by molar-refractivity contribution is 5.00. The standard InChI is InChI=1S/C8H12N2/c9-3-7-4-10-5-8(7)6-1-2-6/h6-8,10H,1-2,4-5H2/t7-,8-/m1/s1. The van der Waals surface area contributed by atoms with Crippen molar-refractivity contribution < 1.29 is 0 Å². The molecule has 10 heavy (non-hydrogen) atoms. The highest BCUT2D eigenvalue weighted by Crippen LogP contribution is 2.41. The first-order chi connectivity index (χ1) is 4.92. The van der Waals surface area contributed by atoms with Gasteiger partial charge in [0.25, 0.3) is 0 Å². The molecule has 0 unspecified atom stereocenters. The molecule has 1 N–H and O–H groups in total. The monoisotopic (exact) mass is 136 g/mol. The lowest BCUT2D eigenvalue weighted by Crippen LogP contribution is -2.12. The van der Waals surface area contributed by atoms with Gasteiger partial charge in [-0.25, -0.2) is 0 Å². The fraction of sp³-hybridized carbons (Fsp3) is 0.875. The summed E-state index contributed by atoms with van der Waals surface area (Å²) in [6.45, 7) is 2.01. The van der Waals surface area contributed by atoms with Crippen molar-refractivity contribution in [1.82, 2.24) is 5.32 Å². The Morgan fingerprint density at radius 2 is 2.10 bits per heavy atom. The van der Waals surface area contributed by atoms with E-state index in [-0.39, 0.29) is 0 Å². The molecule has 2 fully saturated rings. The van der Waals surface area contributed by atoms with E-state index in [9.17, 15) is 0 Å². The summed E-state index contributed by atoms with van der Waals surface area (Å²) in [6, 6.07) is 2.37. The van der Waals surface area contributed by atoms with E-state index in [0.29, 0.717) is 11.8 Å². The largest absolute Gasteiger partial charge is 0.315 e. The molecule has 0 amide bonds. The van der Waals surface area contributed by atoms with Crippen molar-refractivity contribution in [1.29, 1.82) is 5.26 Å². The van der Waals surface area contributed by atoms with Crippen LogP contribution in [0.25, 0.3) is 0 Å². The molecular weight excluding hydrogens is 124 g/mol. The minimum absolute atomic E-state index is 0.312. The molecule has 1 heterocycles. The van der Waals surface area contributed by atoms with Gasteiger partial charge in [-0.3, -0.25) is 0 Å². The van der Waals surface area contributed by atoms with Gasteiger partial charge in [0, 0.05) is 6.54 Å². The van der Waals surface area contributed by atoms with Crippen LogP contribution in [0.4, 0.5) is 0 Å². The fourth-order valence-corrected chi connectivity index (χ4v) is 1.86. The van der Waals surface area contributed by atoms with Crippen molar-refractivity contribution >= 4 is 0 Å². The van der Waals surface area contributed by atoms with Gasteiger partial charge in [-0.2, -0.15) is 5.26 Å². The predicted molar refractivity (Wildman–Crippen MR) is 38.2 cm³/mol. The van der Waals surface area contributed by atoms with Crippen LogP contribution in [0.15, 0.2) is 0 Å². The van der Waals surface area contributed by atoms with Gasteiger partial charge in [-0.05, 0) is 31.2 Å². The number of rotatable bonds is 1. The lowest BCUT2D eigenvalue weighted by molar-refractivity contribution is 0.442. The first-order valence-electron chi connectivity index (χ1n) is 4.02. The molecule has 0 aromatic carbocycles. The summed E-state index contributed by atoms with van der Waals surface area (Å²) >= 11 is 0. The molecule has 1 saturated heterocycles. The van der Waals surface area contributed by atoms with Crippen molar-refractivity contribution in [2.24, 2.45) is 17.8 Å². The molecule has 0 radical (unpaired) electrons. The van der Waals surface area contributed by atoms with Gasteiger partial charge >= 0.3 is 0 Å². The highest BCUT2D eigenvalue weighted by Gasteiger charge is 2.39. The van der Waals surface area contributed by atoms with Crippen molar-refractivity contribution in [2.75, 3.05) is 13.1 Å². The SMILES string of the molecule is N#C[C@@H]1CNC[C@@H]1C1CC1. The molecular formula is C8H12N2. The summed E-state index contributed by atoms with van der Waals surface area (Å²) in [6.07, 6.45) is 2.73. The van der Waals surface area contributed by atoms with E-state index in [1.54, 1.807) is 0 Å². The number of nitrogens with one attached hydrogen (secondary N) is 1. The molecule has 2 heteroatoms. The number of nitriles is 1. The Hall–Kier alpha value is -0.550. The van der Waals surface area contributed by atoms with Gasteiger partial charge < -0.3 is 5.32 Å². The van der Waals surface area contributed by atoms with Crippen molar-refractivity contribution in [3.05, 3.63) is 0 Å². The summed E-state index contributed by atoms with van der Waals surface area (Å²) in [7, 11) is 0. The molecule has 54 valence electrons. The van der Waals surface area contributed by atoms with Crippen LogP contribution >= 0.6 is 0 Å². The molecule has 0 bridgehead atoms. The lowest BCUT2D eigenvalue weighted by atomic mass is 9.93. The maximum absolute atomic E-state index is 8.72. The van der Waals surface area contributed by atoms with Gasteiger partial charge in [0.2, 0.25) is 0 Å². The average Bonchev–Trinajstić information content (AvgIpc) is 2.69. The predicted octanol–water partition coefficient (Wildman–Crippen LogP) is 0.756. The normalized spacial score (nSPS) is 39.5. The number of hydrogen-bond donors (Lipinski definition) is 1. The van der Waals surface area contributed by atoms with Crippen LogP contribution in [0.2, 0.25) is 0 Å². The molecule has 1 aliphatic carbocycles. The third kappa shape index (κ3) is 0.911. The summed E-state index contributed by atoms with van der Waals surface area (Å²) in [5, 5.41) is 12.0. The van der Waals surface area contributed by atoms with E-state index in [1.165, 1.54) is 12.8 Å². The second-order valence-corrected chi connectivity index (χ2v) is 3.40. The third-order valence-electron chi connectivity index (χ3n) is 2.65. The van der Waals surface area contributed by atoms with E-state index < -0.39 is 0 Å². The van der Waals surface area contributed by atoms with Crippen LogP contribution in [-0.2, 0) is 0 Å². The molecule has 1 saturated carbocycles. The molecule has 0 aromatic heterocycles. The molecule has 1 aliphatic heterocycles. The van der Waals surface area contributed by atoms with Crippen LogP contribution in [0.3, 0.4) is 0 Å². The first kappa shape index (κ1) is 6.18. The summed E-state index contributed by atoms with van der Waals surface area (Å²) in [4.78, 5) is 0. The highest BCUT2D eigenvalue weighted by atomic mass is 14.9.